The fourth-order valence-corrected chi connectivity index (χ4v) is 3.64. The summed E-state index contributed by atoms with van der Waals surface area (Å²) in [5, 5.41) is 25.1. The average Bonchev–Trinajstić information content (AvgIpc) is 2.89. The number of methoxy groups -OCH3 is 1. The zero-order valence-corrected chi connectivity index (χ0v) is 21.5. The Morgan fingerprint density at radius 1 is 1.03 bits per heavy atom. The van der Waals surface area contributed by atoms with Crippen molar-refractivity contribution in [3.8, 4) is 5.75 Å². The fraction of sp³-hybridized carbons (Fsp3) is 0.375. The van der Waals surface area contributed by atoms with Crippen molar-refractivity contribution in [1.82, 2.24) is 16.0 Å². The smallest absolute Gasteiger partial charge is 0.360 e. The molecule has 0 saturated heterocycles. The quantitative estimate of drug-likeness (QED) is 0.0925. The predicted octanol–water partition coefficient (Wildman–Crippen LogP) is 1.45. The van der Waals surface area contributed by atoms with Crippen LogP contribution in [0.1, 0.15) is 24.5 Å². The van der Waals surface area contributed by atoms with Gasteiger partial charge in [0.2, 0.25) is 5.91 Å². The van der Waals surface area contributed by atoms with Crippen LogP contribution in [-0.2, 0) is 26.5 Å². The Bertz CT molecular complexity index is 1060. The van der Waals surface area contributed by atoms with Crippen LogP contribution in [0.25, 0.3) is 0 Å². The summed E-state index contributed by atoms with van der Waals surface area (Å²) in [5.74, 6) is -0.778. The van der Waals surface area contributed by atoms with E-state index in [4.69, 9.17) is 16.2 Å². The summed E-state index contributed by atoms with van der Waals surface area (Å²) >= 11 is 4.19. The molecule has 0 spiro atoms. The van der Waals surface area contributed by atoms with E-state index in [1.165, 1.54) is 19.2 Å². The number of hydrogen-bond donors (Lipinski definition) is 7. The number of rotatable bonds is 12. The Kier molecular flexibility index (Phi) is 12.0. The van der Waals surface area contributed by atoms with Gasteiger partial charge in [-0.15, -0.1) is 5.11 Å². The van der Waals surface area contributed by atoms with Crippen molar-refractivity contribution in [2.45, 2.75) is 49.9 Å². The Morgan fingerprint density at radius 3 is 2.19 bits per heavy atom. The minimum atomic E-state index is -1.14. The molecule has 0 saturated carbocycles. The highest BCUT2D eigenvalue weighted by atomic mass is 32.1. The van der Waals surface area contributed by atoms with Gasteiger partial charge in [-0.05, 0) is 41.8 Å². The highest BCUT2D eigenvalue weighted by Gasteiger charge is 2.33. The molecule has 200 valence electrons. The lowest BCUT2D eigenvalue weighted by Crippen LogP contribution is -2.62. The molecule has 0 radical (unpaired) electrons. The fourth-order valence-electron chi connectivity index (χ4n) is 3.43. The van der Waals surface area contributed by atoms with Crippen molar-refractivity contribution in [2.24, 2.45) is 21.7 Å². The van der Waals surface area contributed by atoms with Gasteiger partial charge in [-0.25, -0.2) is 9.59 Å². The number of hydrogen-bond acceptors (Lipinski definition) is 10. The molecule has 0 fully saturated rings. The molecular weight excluding hydrogens is 498 g/mol. The van der Waals surface area contributed by atoms with Crippen molar-refractivity contribution >= 4 is 36.2 Å². The first-order chi connectivity index (χ1) is 17.7. The summed E-state index contributed by atoms with van der Waals surface area (Å²) < 4.78 is 4.85. The first kappa shape index (κ1) is 29.7. The average molecular weight is 532 g/mol. The summed E-state index contributed by atoms with van der Waals surface area (Å²) in [5.41, 5.74) is 13.3. The number of carbonyl (C=O) groups excluding carboxylic acids is 3. The lowest BCUT2D eigenvalue weighted by molar-refractivity contribution is -0.146. The minimum Gasteiger partial charge on any atom is -0.508 e. The molecule has 3 unspecified atom stereocenters. The van der Waals surface area contributed by atoms with Gasteiger partial charge in [-0.3, -0.25) is 10.1 Å². The van der Waals surface area contributed by atoms with Gasteiger partial charge in [-0.1, -0.05) is 36.3 Å². The molecule has 0 aliphatic rings. The number of phenols is 1. The van der Waals surface area contributed by atoms with Crippen LogP contribution in [0.3, 0.4) is 0 Å². The van der Waals surface area contributed by atoms with E-state index in [0.717, 1.165) is 5.56 Å². The lowest BCUT2D eigenvalue weighted by atomic mass is 10.0. The van der Waals surface area contributed by atoms with Gasteiger partial charge in [0.25, 0.3) is 0 Å². The van der Waals surface area contributed by atoms with Gasteiger partial charge in [0.05, 0.1) is 12.8 Å². The second-order valence-corrected chi connectivity index (χ2v) is 8.43. The van der Waals surface area contributed by atoms with Gasteiger partial charge < -0.3 is 31.9 Å². The van der Waals surface area contributed by atoms with E-state index in [0.29, 0.717) is 23.4 Å². The van der Waals surface area contributed by atoms with E-state index in [-0.39, 0.29) is 12.2 Å². The van der Waals surface area contributed by atoms with Crippen LogP contribution in [0.2, 0.25) is 0 Å². The van der Waals surface area contributed by atoms with Crippen molar-refractivity contribution in [3.05, 3.63) is 59.7 Å². The van der Waals surface area contributed by atoms with E-state index in [2.05, 4.69) is 38.8 Å². The normalized spacial score (nSPS) is 13.7. The molecule has 12 nitrogen and oxygen atoms in total. The number of phenolic OH excluding ortho intramolecular Hbond substituents is 1. The Balaban J connectivity index is 2.24. The van der Waals surface area contributed by atoms with Crippen LogP contribution in [0, 0.1) is 0 Å². The number of nitrogens with one attached hydrogen (secondary N) is 3. The van der Waals surface area contributed by atoms with Crippen LogP contribution in [0.15, 0.2) is 58.8 Å². The molecule has 2 aromatic rings. The minimum absolute atomic E-state index is 0.0402. The zero-order chi connectivity index (χ0) is 27.4. The third kappa shape index (κ3) is 9.80. The number of aromatic hydroxyl groups is 1. The van der Waals surface area contributed by atoms with E-state index in [9.17, 15) is 19.5 Å². The summed E-state index contributed by atoms with van der Waals surface area (Å²) in [7, 11) is 1.19. The highest BCUT2D eigenvalue weighted by molar-refractivity contribution is 7.79. The van der Waals surface area contributed by atoms with Crippen molar-refractivity contribution in [1.29, 1.82) is 0 Å². The van der Waals surface area contributed by atoms with E-state index in [1.54, 1.807) is 43.3 Å². The largest absolute Gasteiger partial charge is 0.508 e. The summed E-state index contributed by atoms with van der Waals surface area (Å²) in [6, 6.07) is 9.33. The molecule has 0 aliphatic carbocycles. The van der Waals surface area contributed by atoms with Crippen molar-refractivity contribution in [2.75, 3.05) is 7.11 Å². The molecule has 0 aromatic heterocycles. The maximum absolute atomic E-state index is 13.3. The van der Waals surface area contributed by atoms with Crippen LogP contribution in [0.5, 0.6) is 5.75 Å². The second kappa shape index (κ2) is 14.9. The lowest BCUT2D eigenvalue weighted by Gasteiger charge is -2.29. The van der Waals surface area contributed by atoms with Crippen LogP contribution >= 0.6 is 12.6 Å². The van der Waals surface area contributed by atoms with Crippen molar-refractivity contribution in [3.63, 3.8) is 0 Å². The highest BCUT2D eigenvalue weighted by Crippen LogP contribution is 2.15. The number of ether oxygens (including phenoxy) is 1. The van der Waals surface area contributed by atoms with Crippen molar-refractivity contribution < 1.29 is 24.2 Å². The third-order valence-electron chi connectivity index (χ3n) is 5.37. The van der Waals surface area contributed by atoms with E-state index in [1.807, 2.05) is 0 Å². The summed E-state index contributed by atoms with van der Waals surface area (Å²) in [6.07, 6.45) is -0.512. The predicted molar refractivity (Wildman–Crippen MR) is 141 cm³/mol. The van der Waals surface area contributed by atoms with Gasteiger partial charge in [0.1, 0.15) is 24.1 Å². The van der Waals surface area contributed by atoms with Gasteiger partial charge in [0, 0.05) is 18.2 Å². The molecule has 37 heavy (non-hydrogen) atoms. The van der Waals surface area contributed by atoms with Gasteiger partial charge in [0.15, 0.2) is 0 Å². The number of azo groups is 1. The first-order valence-electron chi connectivity index (χ1n) is 11.5. The molecule has 3 amide bonds. The standard InChI is InChI=1S/C24H33N7O5S/c1-3-18(27-23(25)26)20(22(34)36-2)29-21(33)19(12-14-6-10-17(32)11-7-14)28-24(35)31-30-16-8-4-15(13-37)5-9-16/h4-11,18-20,23,27,32,37H,3,12-13,25-26H2,1-2H3,(H,28,35)(H,29,33). The molecule has 8 N–H and O–H groups in total. The number of urea groups is 1. The topological polar surface area (TPSA) is 194 Å². The maximum Gasteiger partial charge on any atom is 0.360 e. The number of thiol groups is 1. The monoisotopic (exact) mass is 531 g/mol. The number of benzene rings is 2. The molecule has 3 atom stereocenters. The Labute approximate surface area is 220 Å². The molecular formula is C24H33N7O5S. The number of nitrogens with zero attached hydrogens (tertiary/aromatic N) is 2. The number of amides is 3. The second-order valence-electron chi connectivity index (χ2n) is 8.11. The summed E-state index contributed by atoms with van der Waals surface area (Å²) in [4.78, 5) is 38.3. The van der Waals surface area contributed by atoms with E-state index < -0.39 is 42.3 Å². The molecule has 0 bridgehead atoms. The van der Waals surface area contributed by atoms with Crippen LogP contribution in [0.4, 0.5) is 10.5 Å². The third-order valence-corrected chi connectivity index (χ3v) is 5.73. The van der Waals surface area contributed by atoms with E-state index >= 15 is 0 Å². The molecule has 0 heterocycles. The molecule has 0 aliphatic heterocycles. The molecule has 13 heteroatoms. The maximum atomic E-state index is 13.3. The number of carbonyl (C=O) groups is 3. The Hall–Kier alpha value is -3.52. The zero-order valence-electron chi connectivity index (χ0n) is 20.6. The molecule has 2 rings (SSSR count). The van der Waals surface area contributed by atoms with Crippen LogP contribution in [-0.4, -0.2) is 54.5 Å². The molecule has 2 aromatic carbocycles. The number of nitrogens with two attached hydrogens (primary N) is 2. The summed E-state index contributed by atoms with van der Waals surface area (Å²) in [6.45, 7) is 1.78. The Morgan fingerprint density at radius 2 is 1.65 bits per heavy atom. The van der Waals surface area contributed by atoms with Crippen LogP contribution < -0.4 is 27.4 Å². The van der Waals surface area contributed by atoms with Gasteiger partial charge in [-0.2, -0.15) is 12.6 Å². The van der Waals surface area contributed by atoms with Gasteiger partial charge >= 0.3 is 12.0 Å². The number of esters is 1. The SMILES string of the molecule is CCC(NC(N)N)C(NC(=O)C(Cc1ccc(O)cc1)NC(=O)N=Nc1ccc(CS)cc1)C(=O)OC. The first-order valence-corrected chi connectivity index (χ1v) is 12.1.